The van der Waals surface area contributed by atoms with Crippen LogP contribution < -0.4 is 0 Å². The van der Waals surface area contributed by atoms with Crippen LogP contribution in [0.3, 0.4) is 0 Å². The van der Waals surface area contributed by atoms with Gasteiger partial charge in [0.15, 0.2) is 16.7 Å². The van der Waals surface area contributed by atoms with E-state index in [1.807, 2.05) is 6.92 Å². The second-order valence-corrected chi connectivity index (χ2v) is 6.14. The van der Waals surface area contributed by atoms with Crippen LogP contribution in [0.2, 0.25) is 0 Å². The molecule has 6 heteroatoms. The van der Waals surface area contributed by atoms with Crippen LogP contribution >= 0.6 is 11.8 Å². The van der Waals surface area contributed by atoms with Crippen molar-refractivity contribution in [3.63, 3.8) is 0 Å². The molecule has 2 aromatic heterocycles. The third kappa shape index (κ3) is 3.21. The molecule has 0 radical (unpaired) electrons. The summed E-state index contributed by atoms with van der Waals surface area (Å²) >= 11 is 1.30. The van der Waals surface area contributed by atoms with Crippen molar-refractivity contribution >= 4 is 23.3 Å². The van der Waals surface area contributed by atoms with Gasteiger partial charge in [-0.25, -0.2) is 9.97 Å². The highest BCUT2D eigenvalue weighted by molar-refractivity contribution is 8.00. The first-order valence-corrected chi connectivity index (χ1v) is 7.47. The molecule has 0 saturated carbocycles. The number of carbonyl (C=O) groups excluding carboxylic acids is 2. The summed E-state index contributed by atoms with van der Waals surface area (Å²) in [4.78, 5) is 35.4. The lowest BCUT2D eigenvalue weighted by molar-refractivity contribution is 0.0988. The molecule has 2 aromatic rings. The van der Waals surface area contributed by atoms with E-state index in [-0.39, 0.29) is 16.8 Å². The van der Waals surface area contributed by atoms with Gasteiger partial charge in [-0.15, -0.1) is 0 Å². The Hall–Kier alpha value is -1.95. The second-order valence-electron chi connectivity index (χ2n) is 4.84. The van der Waals surface area contributed by atoms with Gasteiger partial charge in [0.2, 0.25) is 0 Å². The van der Waals surface area contributed by atoms with Gasteiger partial charge in [-0.1, -0.05) is 11.8 Å². The van der Waals surface area contributed by atoms with E-state index in [0.717, 1.165) is 5.69 Å². The van der Waals surface area contributed by atoms with Gasteiger partial charge in [-0.05, 0) is 39.3 Å². The number of thioether (sulfide) groups is 1. The third-order valence-corrected chi connectivity index (χ3v) is 4.22. The summed E-state index contributed by atoms with van der Waals surface area (Å²) in [5.74, 6) is -0.0902. The molecular weight excluding hydrogens is 286 g/mol. The van der Waals surface area contributed by atoms with Crippen molar-refractivity contribution in [3.8, 4) is 0 Å². The normalized spacial score (nSPS) is 12.2. The molecular formula is C15H17N3O2S. The monoisotopic (exact) mass is 303 g/mol. The number of nitrogens with zero attached hydrogens (tertiary/aromatic N) is 2. The van der Waals surface area contributed by atoms with Crippen LogP contribution in [0.1, 0.15) is 46.0 Å². The number of hydrogen-bond donors (Lipinski definition) is 1. The average Bonchev–Trinajstić information content (AvgIpc) is 2.74. The average molecular weight is 303 g/mol. The molecule has 0 bridgehead atoms. The highest BCUT2D eigenvalue weighted by Gasteiger charge is 2.24. The first-order valence-electron chi connectivity index (χ1n) is 6.59. The number of aryl methyl sites for hydroxylation is 1. The van der Waals surface area contributed by atoms with Gasteiger partial charge in [0, 0.05) is 23.7 Å². The predicted octanol–water partition coefficient (Wildman–Crippen LogP) is 2.99. The van der Waals surface area contributed by atoms with Crippen molar-refractivity contribution in [1.29, 1.82) is 0 Å². The summed E-state index contributed by atoms with van der Waals surface area (Å²) in [5.41, 5.74) is 2.54. The zero-order valence-electron chi connectivity index (χ0n) is 12.4. The summed E-state index contributed by atoms with van der Waals surface area (Å²) in [6.45, 7) is 6.92. The van der Waals surface area contributed by atoms with Gasteiger partial charge in [0.05, 0.1) is 10.9 Å². The minimum atomic E-state index is -0.330. The molecule has 0 aromatic carbocycles. The summed E-state index contributed by atoms with van der Waals surface area (Å²) < 4.78 is 0. The van der Waals surface area contributed by atoms with E-state index in [1.165, 1.54) is 18.7 Å². The first kappa shape index (κ1) is 15.4. The Kier molecular flexibility index (Phi) is 4.57. The molecule has 21 heavy (non-hydrogen) atoms. The molecule has 2 rings (SSSR count). The van der Waals surface area contributed by atoms with Gasteiger partial charge in [0.1, 0.15) is 0 Å². The Bertz CT molecular complexity index is 680. The van der Waals surface area contributed by atoms with E-state index in [4.69, 9.17) is 0 Å². The Balaban J connectivity index is 2.24. The summed E-state index contributed by atoms with van der Waals surface area (Å²) in [6.07, 6.45) is 3.29. The number of Topliss-reactive ketones (excluding diaryl/α,β-unsaturated/α-hetero) is 2. The fourth-order valence-corrected chi connectivity index (χ4v) is 3.07. The maximum absolute atomic E-state index is 12.5. The number of aromatic nitrogens is 3. The summed E-state index contributed by atoms with van der Waals surface area (Å²) in [5, 5.41) is 0.232. The van der Waals surface area contributed by atoms with Crippen LogP contribution in [0.25, 0.3) is 0 Å². The fraction of sp³-hybridized carbons (Fsp3) is 0.333. The van der Waals surface area contributed by atoms with Crippen LogP contribution in [0, 0.1) is 13.8 Å². The van der Waals surface area contributed by atoms with Crippen molar-refractivity contribution in [3.05, 3.63) is 41.0 Å². The quantitative estimate of drug-likeness (QED) is 0.522. The zero-order chi connectivity index (χ0) is 15.6. The number of nitrogens with one attached hydrogen (secondary N) is 1. The molecule has 0 amide bonds. The largest absolute Gasteiger partial charge is 0.355 e. The summed E-state index contributed by atoms with van der Waals surface area (Å²) in [6, 6.07) is 1.73. The molecule has 0 spiro atoms. The smallest absolute Gasteiger partial charge is 0.192 e. The molecule has 0 aliphatic heterocycles. The molecule has 1 N–H and O–H groups in total. The number of aromatic amines is 1. The Morgan fingerprint density at radius 3 is 2.38 bits per heavy atom. The van der Waals surface area contributed by atoms with Crippen LogP contribution in [-0.4, -0.2) is 31.8 Å². The molecule has 0 saturated heterocycles. The Morgan fingerprint density at radius 1 is 1.24 bits per heavy atom. The van der Waals surface area contributed by atoms with Gasteiger partial charge < -0.3 is 4.98 Å². The van der Waals surface area contributed by atoms with E-state index in [0.29, 0.717) is 22.0 Å². The van der Waals surface area contributed by atoms with Crippen LogP contribution in [-0.2, 0) is 0 Å². The molecule has 1 atom stereocenters. The maximum Gasteiger partial charge on any atom is 0.192 e. The standard InChI is InChI=1S/C15H17N3O2S/c1-8-12(10(3)19)9(2)18-13(8)14(20)11(4)21-15-16-6-5-7-17-15/h5-7,11,18H,1-4H3/t11-/m0/s1. The highest BCUT2D eigenvalue weighted by Crippen LogP contribution is 2.25. The lowest BCUT2D eigenvalue weighted by atomic mass is 10.0. The van der Waals surface area contributed by atoms with Crippen molar-refractivity contribution in [1.82, 2.24) is 15.0 Å². The third-order valence-electron chi connectivity index (χ3n) is 3.23. The molecule has 0 aliphatic carbocycles. The summed E-state index contributed by atoms with van der Waals surface area (Å²) in [7, 11) is 0. The predicted molar refractivity (Wildman–Crippen MR) is 82.0 cm³/mol. The van der Waals surface area contributed by atoms with Crippen LogP contribution in [0.5, 0.6) is 0 Å². The lowest BCUT2D eigenvalue weighted by Gasteiger charge is -2.08. The zero-order valence-corrected chi connectivity index (χ0v) is 13.2. The number of H-pyrrole nitrogens is 1. The van der Waals surface area contributed by atoms with Crippen molar-refractivity contribution < 1.29 is 9.59 Å². The van der Waals surface area contributed by atoms with Gasteiger partial charge in [0.25, 0.3) is 0 Å². The SMILES string of the molecule is CC(=O)c1c(C)[nH]c(C(=O)[C@H](C)Sc2ncccn2)c1C. The van der Waals surface area contributed by atoms with Gasteiger partial charge in [-0.2, -0.15) is 0 Å². The first-order chi connectivity index (χ1) is 9.91. The number of rotatable bonds is 5. The number of hydrogen-bond acceptors (Lipinski definition) is 5. The topological polar surface area (TPSA) is 75.7 Å². The van der Waals surface area contributed by atoms with E-state index in [1.54, 1.807) is 32.3 Å². The molecule has 2 heterocycles. The van der Waals surface area contributed by atoms with E-state index >= 15 is 0 Å². The number of ketones is 2. The van der Waals surface area contributed by atoms with Crippen LogP contribution in [0.15, 0.2) is 23.6 Å². The molecule has 0 fully saturated rings. The minimum absolute atomic E-state index is 0.0352. The molecule has 0 unspecified atom stereocenters. The van der Waals surface area contributed by atoms with E-state index in [9.17, 15) is 9.59 Å². The number of carbonyl (C=O) groups is 2. The molecule has 110 valence electrons. The van der Waals surface area contributed by atoms with E-state index < -0.39 is 0 Å². The Labute approximate surface area is 127 Å². The molecule has 0 aliphatic rings. The van der Waals surface area contributed by atoms with Gasteiger partial charge >= 0.3 is 0 Å². The highest BCUT2D eigenvalue weighted by atomic mass is 32.2. The van der Waals surface area contributed by atoms with Crippen molar-refractivity contribution in [2.75, 3.05) is 0 Å². The van der Waals surface area contributed by atoms with Crippen LogP contribution in [0.4, 0.5) is 0 Å². The van der Waals surface area contributed by atoms with Crippen molar-refractivity contribution in [2.24, 2.45) is 0 Å². The lowest BCUT2D eigenvalue weighted by Crippen LogP contribution is -2.15. The Morgan fingerprint density at radius 2 is 1.86 bits per heavy atom. The molecule has 5 nitrogen and oxygen atoms in total. The van der Waals surface area contributed by atoms with E-state index in [2.05, 4.69) is 15.0 Å². The second kappa shape index (κ2) is 6.22. The maximum atomic E-state index is 12.5. The van der Waals surface area contributed by atoms with Gasteiger partial charge in [-0.3, -0.25) is 9.59 Å². The fourth-order valence-electron chi connectivity index (χ4n) is 2.29. The minimum Gasteiger partial charge on any atom is -0.355 e. The van der Waals surface area contributed by atoms with Crippen molar-refractivity contribution in [2.45, 2.75) is 38.1 Å².